The van der Waals surface area contributed by atoms with Gasteiger partial charge in [0.2, 0.25) is 5.91 Å². The summed E-state index contributed by atoms with van der Waals surface area (Å²) in [5.74, 6) is -0.237. The molecule has 0 saturated heterocycles. The van der Waals surface area contributed by atoms with Crippen molar-refractivity contribution in [3.63, 3.8) is 0 Å². The fourth-order valence-electron chi connectivity index (χ4n) is 2.79. The van der Waals surface area contributed by atoms with Crippen molar-refractivity contribution in [3.05, 3.63) is 86.3 Å². The molecule has 0 radical (unpaired) electrons. The van der Waals surface area contributed by atoms with Gasteiger partial charge < -0.3 is 19.7 Å². The number of benzene rings is 2. The minimum absolute atomic E-state index is 0.00560. The molecule has 1 heterocycles. The fraction of sp³-hybridized carbons (Fsp3) is 0.190. The van der Waals surface area contributed by atoms with Crippen LogP contribution in [0.15, 0.2) is 47.0 Å². The number of nitrogens with zero attached hydrogens (tertiary/aromatic N) is 2. The molecule has 31 heavy (non-hydrogen) atoms. The largest absolute Gasteiger partial charge is 0.489 e. The second-order valence-corrected chi connectivity index (χ2v) is 6.66. The number of nitrogens with two attached hydrogens (primary N) is 1. The molecular weight excluding hydrogens is 406 g/mol. The van der Waals surface area contributed by atoms with Gasteiger partial charge in [0.15, 0.2) is 0 Å². The zero-order valence-corrected chi connectivity index (χ0v) is 16.8. The molecule has 0 atom stereocenters. The van der Waals surface area contributed by atoms with Crippen LogP contribution in [0.25, 0.3) is 0 Å². The molecule has 0 bridgehead atoms. The lowest BCUT2D eigenvalue weighted by Gasteiger charge is -2.08. The summed E-state index contributed by atoms with van der Waals surface area (Å²) in [5.41, 5.74) is 6.77. The molecule has 2 N–H and O–H groups in total. The second kappa shape index (κ2) is 9.08. The third-order valence-corrected chi connectivity index (χ3v) is 4.58. The Morgan fingerprint density at radius 3 is 2.35 bits per heavy atom. The number of rotatable bonds is 8. The first kappa shape index (κ1) is 21.5. The Labute approximate surface area is 176 Å². The van der Waals surface area contributed by atoms with Gasteiger partial charge in [0.05, 0.1) is 27.3 Å². The summed E-state index contributed by atoms with van der Waals surface area (Å²) >= 11 is 0. The van der Waals surface area contributed by atoms with E-state index in [1.54, 1.807) is 19.1 Å². The van der Waals surface area contributed by atoms with E-state index in [2.05, 4.69) is 5.16 Å². The predicted molar refractivity (Wildman–Crippen MR) is 107 cm³/mol. The fourth-order valence-corrected chi connectivity index (χ4v) is 2.79. The first-order valence-corrected chi connectivity index (χ1v) is 9.15. The number of amides is 1. The number of hydrogen-bond donors (Lipinski definition) is 1. The number of ether oxygens (including phenoxy) is 2. The molecular formula is C21H19N3O7. The van der Waals surface area contributed by atoms with E-state index in [0.29, 0.717) is 11.5 Å². The van der Waals surface area contributed by atoms with Gasteiger partial charge in [-0.3, -0.25) is 14.9 Å². The quantitative estimate of drug-likeness (QED) is 0.328. The van der Waals surface area contributed by atoms with E-state index in [0.717, 1.165) is 17.3 Å². The van der Waals surface area contributed by atoms with Crippen LogP contribution in [-0.4, -0.2) is 22.0 Å². The van der Waals surface area contributed by atoms with E-state index in [-0.39, 0.29) is 35.6 Å². The summed E-state index contributed by atoms with van der Waals surface area (Å²) in [6, 6.07) is 9.99. The maximum Gasteiger partial charge on any atom is 0.338 e. The lowest BCUT2D eigenvalue weighted by atomic mass is 10.1. The molecule has 3 rings (SSSR count). The molecule has 0 aliphatic rings. The van der Waals surface area contributed by atoms with Crippen LogP contribution >= 0.6 is 0 Å². The van der Waals surface area contributed by atoms with Crippen molar-refractivity contribution in [2.75, 3.05) is 0 Å². The Bertz CT molecular complexity index is 1120. The first-order valence-electron chi connectivity index (χ1n) is 9.15. The number of esters is 1. The van der Waals surface area contributed by atoms with Crippen LogP contribution in [0, 0.1) is 24.0 Å². The Kier molecular flexibility index (Phi) is 6.29. The molecule has 10 nitrogen and oxygen atoms in total. The monoisotopic (exact) mass is 425 g/mol. The molecule has 2 aromatic carbocycles. The number of aromatic nitrogens is 1. The molecule has 0 aliphatic carbocycles. The molecule has 1 amide bonds. The van der Waals surface area contributed by atoms with E-state index >= 15 is 0 Å². The molecule has 0 saturated carbocycles. The Hall–Kier alpha value is -4.21. The number of primary amides is 1. The molecule has 0 spiro atoms. The van der Waals surface area contributed by atoms with Crippen molar-refractivity contribution < 1.29 is 28.5 Å². The second-order valence-electron chi connectivity index (χ2n) is 6.66. The number of carbonyl (C=O) groups is 2. The van der Waals surface area contributed by atoms with Crippen molar-refractivity contribution in [1.29, 1.82) is 0 Å². The summed E-state index contributed by atoms with van der Waals surface area (Å²) in [4.78, 5) is 34.1. The zero-order chi connectivity index (χ0) is 22.5. The molecule has 10 heteroatoms. The highest BCUT2D eigenvalue weighted by Crippen LogP contribution is 2.22. The number of carbonyl (C=O) groups excluding carboxylic acids is 2. The maximum atomic E-state index is 12.3. The summed E-state index contributed by atoms with van der Waals surface area (Å²) in [6.45, 7) is 3.55. The zero-order valence-electron chi connectivity index (χ0n) is 16.8. The summed E-state index contributed by atoms with van der Waals surface area (Å²) in [7, 11) is 0. The van der Waals surface area contributed by atoms with Crippen molar-refractivity contribution in [2.24, 2.45) is 5.73 Å². The smallest absolute Gasteiger partial charge is 0.338 e. The van der Waals surface area contributed by atoms with Crippen LogP contribution in [-0.2, 0) is 18.0 Å². The third-order valence-electron chi connectivity index (χ3n) is 4.58. The van der Waals surface area contributed by atoms with Crippen LogP contribution < -0.4 is 10.5 Å². The summed E-state index contributed by atoms with van der Waals surface area (Å²) in [5, 5.41) is 15.1. The van der Waals surface area contributed by atoms with Crippen molar-refractivity contribution in [1.82, 2.24) is 5.16 Å². The third kappa shape index (κ3) is 5.04. The number of nitro benzene ring substituents is 1. The predicted octanol–water partition coefficient (Wildman–Crippen LogP) is 3.23. The number of hydrogen-bond acceptors (Lipinski definition) is 8. The standard InChI is InChI=1S/C21H19N3O7/c1-12-18(13(2)31-23-12)11-29-17-7-5-14(6-8-17)21(26)30-10-16-4-3-15(20(22)25)9-19(16)24(27)28/h3-9H,10-11H2,1-2H3,(H2,22,25). The van der Waals surface area contributed by atoms with Gasteiger partial charge in [-0.05, 0) is 50.2 Å². The lowest BCUT2D eigenvalue weighted by Crippen LogP contribution is -2.12. The average Bonchev–Trinajstić information content (AvgIpc) is 3.07. The van der Waals surface area contributed by atoms with Crippen LogP contribution in [0.5, 0.6) is 5.75 Å². The average molecular weight is 425 g/mol. The Morgan fingerprint density at radius 1 is 1.10 bits per heavy atom. The van der Waals surface area contributed by atoms with Gasteiger partial charge in [0.1, 0.15) is 24.7 Å². The topological polar surface area (TPSA) is 148 Å². The summed E-state index contributed by atoms with van der Waals surface area (Å²) in [6.07, 6.45) is 0. The van der Waals surface area contributed by atoms with Gasteiger partial charge in [-0.2, -0.15) is 0 Å². The molecule has 0 fully saturated rings. The SMILES string of the molecule is Cc1noc(C)c1COc1ccc(C(=O)OCc2ccc(C(N)=O)cc2[N+](=O)[O-])cc1. The molecule has 1 aromatic heterocycles. The molecule has 160 valence electrons. The Morgan fingerprint density at radius 2 is 1.77 bits per heavy atom. The number of aryl methyl sites for hydroxylation is 2. The Balaban J connectivity index is 1.62. The number of nitro groups is 1. The highest BCUT2D eigenvalue weighted by Gasteiger charge is 2.18. The first-order chi connectivity index (χ1) is 14.8. The van der Waals surface area contributed by atoms with Gasteiger partial charge >= 0.3 is 5.97 Å². The van der Waals surface area contributed by atoms with Crippen molar-refractivity contribution >= 4 is 17.6 Å². The highest BCUT2D eigenvalue weighted by molar-refractivity contribution is 5.93. The lowest BCUT2D eigenvalue weighted by molar-refractivity contribution is -0.385. The molecule has 3 aromatic rings. The summed E-state index contributed by atoms with van der Waals surface area (Å²) < 4.78 is 15.9. The van der Waals surface area contributed by atoms with Gasteiger partial charge in [-0.25, -0.2) is 4.79 Å². The van der Waals surface area contributed by atoms with Gasteiger partial charge in [-0.15, -0.1) is 0 Å². The van der Waals surface area contributed by atoms with Crippen molar-refractivity contribution in [2.45, 2.75) is 27.1 Å². The maximum absolute atomic E-state index is 12.3. The van der Waals surface area contributed by atoms with Crippen LogP contribution in [0.4, 0.5) is 5.69 Å². The minimum Gasteiger partial charge on any atom is -0.489 e. The molecule has 0 unspecified atom stereocenters. The van der Waals surface area contributed by atoms with Crippen LogP contribution in [0.1, 0.15) is 43.3 Å². The van der Waals surface area contributed by atoms with Crippen LogP contribution in [0.3, 0.4) is 0 Å². The van der Waals surface area contributed by atoms with E-state index in [4.69, 9.17) is 19.7 Å². The van der Waals surface area contributed by atoms with Gasteiger partial charge in [0, 0.05) is 11.6 Å². The van der Waals surface area contributed by atoms with Crippen molar-refractivity contribution in [3.8, 4) is 5.75 Å². The highest BCUT2D eigenvalue weighted by atomic mass is 16.6. The normalized spacial score (nSPS) is 10.5. The van der Waals surface area contributed by atoms with Gasteiger partial charge in [0.25, 0.3) is 5.69 Å². The van der Waals surface area contributed by atoms with E-state index in [1.807, 2.05) is 6.92 Å². The van der Waals surface area contributed by atoms with E-state index < -0.39 is 16.8 Å². The van der Waals surface area contributed by atoms with E-state index in [9.17, 15) is 19.7 Å². The molecule has 0 aliphatic heterocycles. The van der Waals surface area contributed by atoms with E-state index in [1.165, 1.54) is 24.3 Å². The minimum atomic E-state index is -0.789. The van der Waals surface area contributed by atoms with Crippen LogP contribution in [0.2, 0.25) is 0 Å². The van der Waals surface area contributed by atoms with Gasteiger partial charge in [-0.1, -0.05) is 5.16 Å².